The van der Waals surface area contributed by atoms with Crippen LogP contribution in [0.2, 0.25) is 5.02 Å². The predicted octanol–water partition coefficient (Wildman–Crippen LogP) is 3.25. The monoisotopic (exact) mass is 424 g/mol. The summed E-state index contributed by atoms with van der Waals surface area (Å²) in [5.41, 5.74) is -0.0869. The fraction of sp³-hybridized carbons (Fsp3) is 0.450. The van der Waals surface area contributed by atoms with E-state index in [1.54, 1.807) is 0 Å². The van der Waals surface area contributed by atoms with Gasteiger partial charge in [-0.1, -0.05) is 23.8 Å². The van der Waals surface area contributed by atoms with Gasteiger partial charge in [0.05, 0.1) is 11.8 Å². The summed E-state index contributed by atoms with van der Waals surface area (Å²) in [5.74, 6) is -3.50. The van der Waals surface area contributed by atoms with Gasteiger partial charge in [0.2, 0.25) is 11.8 Å². The molecule has 0 spiro atoms. The maximum absolute atomic E-state index is 13.2. The quantitative estimate of drug-likeness (QED) is 0.553. The minimum atomic E-state index is -5.15. The highest BCUT2D eigenvalue weighted by Crippen LogP contribution is 2.65. The maximum atomic E-state index is 13.2. The van der Waals surface area contributed by atoms with Gasteiger partial charge in [0, 0.05) is 10.7 Å². The lowest BCUT2D eigenvalue weighted by molar-refractivity contribution is -0.171. The summed E-state index contributed by atoms with van der Waals surface area (Å²) in [6, 6.07) is 5.20. The number of carbonyl (C=O) groups excluding carboxylic acids is 3. The molecule has 152 valence electrons. The molecule has 1 saturated heterocycles. The summed E-state index contributed by atoms with van der Waals surface area (Å²) in [5, 5.41) is 0.286. The number of imide groups is 1. The normalized spacial score (nSPS) is 34.3. The Hall–Kier alpha value is -2.35. The molecular weight excluding hydrogens is 409 g/mol. The molecule has 1 aromatic carbocycles. The van der Waals surface area contributed by atoms with Crippen LogP contribution < -0.4 is 4.90 Å². The number of allylic oxidation sites excluding steroid dienone is 2. The van der Waals surface area contributed by atoms with Crippen molar-refractivity contribution >= 4 is 35.0 Å². The van der Waals surface area contributed by atoms with Crippen molar-refractivity contribution in [1.82, 2.24) is 4.90 Å². The third-order valence-electron chi connectivity index (χ3n) is 6.66. The van der Waals surface area contributed by atoms with Crippen LogP contribution in [0.5, 0.6) is 0 Å². The van der Waals surface area contributed by atoms with Gasteiger partial charge in [0.1, 0.15) is 6.67 Å². The van der Waals surface area contributed by atoms with Crippen LogP contribution in [0.4, 0.5) is 18.9 Å². The fourth-order valence-corrected chi connectivity index (χ4v) is 5.46. The third-order valence-corrected chi connectivity index (χ3v) is 6.91. The number of rotatable bonds is 3. The largest absolute Gasteiger partial charge is 0.471 e. The van der Waals surface area contributed by atoms with Gasteiger partial charge in [0.25, 0.3) is 0 Å². The molecule has 6 rings (SSSR count). The van der Waals surface area contributed by atoms with Crippen LogP contribution in [0, 0.1) is 35.5 Å². The van der Waals surface area contributed by atoms with Gasteiger partial charge in [-0.05, 0) is 54.4 Å². The number of anilines is 1. The highest BCUT2D eigenvalue weighted by molar-refractivity contribution is 6.30. The summed E-state index contributed by atoms with van der Waals surface area (Å²) in [4.78, 5) is 39.4. The molecule has 0 radical (unpaired) electrons. The van der Waals surface area contributed by atoms with Gasteiger partial charge >= 0.3 is 12.1 Å². The van der Waals surface area contributed by atoms with Crippen molar-refractivity contribution in [2.75, 3.05) is 11.6 Å². The van der Waals surface area contributed by atoms with Crippen LogP contribution >= 0.6 is 11.6 Å². The molecule has 0 N–H and O–H groups in total. The molecule has 5 nitrogen and oxygen atoms in total. The van der Waals surface area contributed by atoms with Gasteiger partial charge in [-0.2, -0.15) is 13.2 Å². The van der Waals surface area contributed by atoms with Crippen molar-refractivity contribution in [1.29, 1.82) is 0 Å². The van der Waals surface area contributed by atoms with Crippen molar-refractivity contribution in [3.8, 4) is 0 Å². The van der Waals surface area contributed by atoms with Gasteiger partial charge in [-0.25, -0.2) is 0 Å². The Balaban J connectivity index is 1.46. The first-order chi connectivity index (χ1) is 13.7. The molecule has 29 heavy (non-hydrogen) atoms. The van der Waals surface area contributed by atoms with E-state index in [1.807, 2.05) is 12.2 Å². The lowest BCUT2D eigenvalue weighted by Crippen LogP contribution is -2.49. The van der Waals surface area contributed by atoms with Crippen LogP contribution in [-0.4, -0.2) is 35.5 Å². The molecule has 4 aliphatic carbocycles. The van der Waals surface area contributed by atoms with Crippen molar-refractivity contribution in [3.05, 3.63) is 41.4 Å². The molecule has 3 fully saturated rings. The number of amides is 3. The molecule has 9 heteroatoms. The zero-order valence-corrected chi connectivity index (χ0v) is 15.7. The molecule has 2 saturated carbocycles. The highest BCUT2D eigenvalue weighted by atomic mass is 35.5. The van der Waals surface area contributed by atoms with Gasteiger partial charge < -0.3 is 0 Å². The first kappa shape index (κ1) is 18.7. The Kier molecular flexibility index (Phi) is 3.91. The van der Waals surface area contributed by atoms with Crippen molar-refractivity contribution in [2.45, 2.75) is 12.6 Å². The van der Waals surface area contributed by atoms with E-state index in [9.17, 15) is 27.6 Å². The fourth-order valence-electron chi connectivity index (χ4n) is 5.34. The summed E-state index contributed by atoms with van der Waals surface area (Å²) in [6.07, 6.45) is -0.210. The van der Waals surface area contributed by atoms with E-state index in [0.717, 1.165) is 11.3 Å². The van der Waals surface area contributed by atoms with Crippen LogP contribution in [-0.2, 0) is 14.4 Å². The summed E-state index contributed by atoms with van der Waals surface area (Å²) < 4.78 is 39.6. The Morgan fingerprint density at radius 1 is 1.03 bits per heavy atom. The molecule has 5 aliphatic rings. The van der Waals surface area contributed by atoms with Gasteiger partial charge in [-0.15, -0.1) is 0 Å². The second kappa shape index (κ2) is 6.08. The van der Waals surface area contributed by atoms with Crippen molar-refractivity contribution in [3.63, 3.8) is 0 Å². The molecule has 6 atom stereocenters. The second-order valence-electron chi connectivity index (χ2n) is 8.11. The molecule has 1 aliphatic heterocycles. The standard InChI is InChI=1S/C20H16ClF3N2O3/c21-9-1-3-10(4-2-9)25(19(29)20(22,23)24)8-26-17(27)15-11-5-6-12(14-7-13(11)14)16(15)18(26)28/h1-6,11-16H,7-8H2/t11-,12-,13-,14+,15+,16+/m1/s1. The number of likely N-dealkylation sites (tertiary alicyclic amines) is 1. The molecule has 1 heterocycles. The van der Waals surface area contributed by atoms with E-state index in [4.69, 9.17) is 11.6 Å². The van der Waals surface area contributed by atoms with E-state index >= 15 is 0 Å². The maximum Gasteiger partial charge on any atom is 0.471 e. The zero-order valence-electron chi connectivity index (χ0n) is 15.0. The first-order valence-electron chi connectivity index (χ1n) is 9.36. The number of hydrogen-bond acceptors (Lipinski definition) is 3. The lowest BCUT2D eigenvalue weighted by Gasteiger charge is -2.37. The SMILES string of the molecule is O=C1[C@H]2[C@@H]3C=C[C@H]([C@@H]4C[C@H]34)[C@@H]2C(=O)N1CN(C(=O)C(F)(F)F)c1ccc(Cl)cc1. The molecule has 1 aromatic rings. The topological polar surface area (TPSA) is 57.7 Å². The summed E-state index contributed by atoms with van der Waals surface area (Å²) >= 11 is 5.79. The van der Waals surface area contributed by atoms with E-state index < -0.39 is 42.4 Å². The van der Waals surface area contributed by atoms with E-state index in [0.29, 0.717) is 16.7 Å². The molecule has 3 amide bonds. The number of carbonyl (C=O) groups is 3. The van der Waals surface area contributed by atoms with Crippen LogP contribution in [0.1, 0.15) is 6.42 Å². The van der Waals surface area contributed by atoms with Crippen LogP contribution in [0.25, 0.3) is 0 Å². The minimum absolute atomic E-state index is 0.0428. The Morgan fingerprint density at radius 2 is 1.55 bits per heavy atom. The Bertz CT molecular complexity index is 909. The van der Waals surface area contributed by atoms with Crippen LogP contribution in [0.3, 0.4) is 0 Å². The zero-order chi connectivity index (χ0) is 20.7. The van der Waals surface area contributed by atoms with Crippen molar-refractivity contribution in [2.24, 2.45) is 35.5 Å². The average Bonchev–Trinajstić information content (AvgIpc) is 3.46. The summed E-state index contributed by atoms with van der Waals surface area (Å²) in [7, 11) is 0. The third kappa shape index (κ3) is 2.72. The van der Waals surface area contributed by atoms with Crippen molar-refractivity contribution < 1.29 is 27.6 Å². The predicted molar refractivity (Wildman–Crippen MR) is 96.4 cm³/mol. The smallest absolute Gasteiger partial charge is 0.286 e. The first-order valence-corrected chi connectivity index (χ1v) is 9.74. The number of halogens is 4. The van der Waals surface area contributed by atoms with Gasteiger partial charge in [-0.3, -0.25) is 24.2 Å². The van der Waals surface area contributed by atoms with Gasteiger partial charge in [0.15, 0.2) is 0 Å². The summed E-state index contributed by atoms with van der Waals surface area (Å²) in [6.45, 7) is -0.764. The highest BCUT2D eigenvalue weighted by Gasteiger charge is 2.67. The number of benzene rings is 1. The molecule has 0 aromatic heterocycles. The number of alkyl halides is 3. The number of hydrogen-bond donors (Lipinski definition) is 0. The molecular formula is C20H16ClF3N2O3. The average molecular weight is 425 g/mol. The van der Waals surface area contributed by atoms with E-state index in [2.05, 4.69) is 0 Å². The molecule has 0 unspecified atom stereocenters. The van der Waals surface area contributed by atoms with E-state index in [-0.39, 0.29) is 22.5 Å². The van der Waals surface area contributed by atoms with E-state index in [1.165, 1.54) is 24.3 Å². The van der Waals surface area contributed by atoms with Crippen LogP contribution in [0.15, 0.2) is 36.4 Å². The lowest BCUT2D eigenvalue weighted by atomic mass is 9.63. The minimum Gasteiger partial charge on any atom is -0.286 e. The Labute approximate surface area is 169 Å². The second-order valence-corrected chi connectivity index (χ2v) is 8.54. The Morgan fingerprint density at radius 3 is 2.03 bits per heavy atom. The molecule has 2 bridgehead atoms. The number of nitrogens with zero attached hydrogens (tertiary/aromatic N) is 2.